The number of nitrogens with zero attached hydrogens (tertiary/aromatic N) is 1. The van der Waals surface area contributed by atoms with Crippen LogP contribution in [0.3, 0.4) is 0 Å². The second-order valence-electron chi connectivity index (χ2n) is 2.79. The van der Waals surface area contributed by atoms with Crippen molar-refractivity contribution >= 4 is 11.8 Å². The fourth-order valence-electron chi connectivity index (χ4n) is 0.905. The van der Waals surface area contributed by atoms with Crippen LogP contribution in [0.15, 0.2) is 40.3 Å². The minimum absolute atomic E-state index is 0.157. The van der Waals surface area contributed by atoms with Crippen LogP contribution in [-0.4, -0.2) is 4.92 Å². The van der Waals surface area contributed by atoms with Gasteiger partial charge in [-0.05, 0) is 24.3 Å². The fraction of sp³-hybridized carbons (Fsp3) is 0.200. The molecule has 0 aliphatic rings. The Balaban J connectivity index is 2.70. The van der Waals surface area contributed by atoms with Gasteiger partial charge in [-0.25, -0.2) is 4.39 Å². The van der Waals surface area contributed by atoms with Crippen LogP contribution in [0.25, 0.3) is 0 Å². The second-order valence-corrected chi connectivity index (χ2v) is 3.73. The van der Waals surface area contributed by atoms with Crippen molar-refractivity contribution in [2.75, 3.05) is 0 Å². The molecular weight excluding hydrogens is 217 g/mol. The largest absolute Gasteiger partial charge is 0.259 e. The number of rotatable bonds is 4. The molecule has 1 aromatic rings. The maximum Gasteiger partial charge on any atom is 0.252 e. The Bertz CT molecular complexity index is 376. The molecule has 0 atom stereocenters. The van der Waals surface area contributed by atoms with E-state index in [0.717, 1.165) is 4.90 Å². The van der Waals surface area contributed by atoms with Crippen molar-refractivity contribution in [2.45, 2.75) is 18.2 Å². The van der Waals surface area contributed by atoms with E-state index in [2.05, 4.69) is 0 Å². The summed E-state index contributed by atoms with van der Waals surface area (Å²) in [7, 11) is 0. The topological polar surface area (TPSA) is 43.1 Å². The van der Waals surface area contributed by atoms with Crippen molar-refractivity contribution in [1.82, 2.24) is 0 Å². The summed E-state index contributed by atoms with van der Waals surface area (Å²) in [4.78, 5) is 10.8. The molecule has 80 valence electrons. The molecule has 0 spiro atoms. The van der Waals surface area contributed by atoms with Crippen LogP contribution in [0.5, 0.6) is 0 Å². The van der Waals surface area contributed by atoms with Gasteiger partial charge in [0.2, 0.25) is 0 Å². The first kappa shape index (κ1) is 11.7. The lowest BCUT2D eigenvalue weighted by molar-refractivity contribution is -0.427. The van der Waals surface area contributed by atoms with Crippen molar-refractivity contribution < 1.29 is 9.31 Å². The minimum atomic E-state index is -0.406. The van der Waals surface area contributed by atoms with Crippen molar-refractivity contribution in [3.63, 3.8) is 0 Å². The van der Waals surface area contributed by atoms with Gasteiger partial charge in [0, 0.05) is 16.7 Å². The summed E-state index contributed by atoms with van der Waals surface area (Å²) in [5.74, 6) is -0.312. The van der Waals surface area contributed by atoms with E-state index in [4.69, 9.17) is 0 Å². The Morgan fingerprint density at radius 2 is 2.13 bits per heavy atom. The van der Waals surface area contributed by atoms with E-state index in [9.17, 15) is 14.5 Å². The Labute approximate surface area is 91.1 Å². The second kappa shape index (κ2) is 5.50. The average Bonchev–Trinajstić information content (AvgIpc) is 2.21. The molecule has 0 unspecified atom stereocenters. The van der Waals surface area contributed by atoms with Gasteiger partial charge in [-0.2, -0.15) is 0 Å². The van der Waals surface area contributed by atoms with Gasteiger partial charge in [-0.15, -0.1) is 0 Å². The van der Waals surface area contributed by atoms with Gasteiger partial charge in [-0.1, -0.05) is 18.7 Å². The third-order valence-corrected chi connectivity index (χ3v) is 2.68. The monoisotopic (exact) mass is 227 g/mol. The van der Waals surface area contributed by atoms with Crippen LogP contribution in [0.1, 0.15) is 13.3 Å². The number of allylic oxidation sites excluding steroid dienone is 1. The SMILES string of the molecule is CCC(=CSc1ccc(F)cc1)[N+](=O)[O-]. The van der Waals surface area contributed by atoms with Crippen LogP contribution in [0.2, 0.25) is 0 Å². The van der Waals surface area contributed by atoms with E-state index >= 15 is 0 Å². The number of benzene rings is 1. The zero-order chi connectivity index (χ0) is 11.3. The standard InChI is InChI=1S/C10H10FNO2S/c1-2-9(12(13)14)7-15-10-5-3-8(11)4-6-10/h3-7H,2H2,1H3. The zero-order valence-electron chi connectivity index (χ0n) is 8.14. The molecule has 0 N–H and O–H groups in total. The first-order chi connectivity index (χ1) is 7.13. The highest BCUT2D eigenvalue weighted by Crippen LogP contribution is 2.21. The van der Waals surface area contributed by atoms with Crippen molar-refractivity contribution in [1.29, 1.82) is 0 Å². The predicted molar refractivity (Wildman–Crippen MR) is 57.6 cm³/mol. The highest BCUT2D eigenvalue weighted by Gasteiger charge is 2.06. The van der Waals surface area contributed by atoms with Gasteiger partial charge in [0.05, 0.1) is 4.92 Å². The van der Waals surface area contributed by atoms with Crippen LogP contribution in [-0.2, 0) is 0 Å². The van der Waals surface area contributed by atoms with Crippen LogP contribution >= 0.6 is 11.8 Å². The van der Waals surface area contributed by atoms with E-state index in [0.29, 0.717) is 6.42 Å². The van der Waals surface area contributed by atoms with Crippen LogP contribution in [0.4, 0.5) is 4.39 Å². The smallest absolute Gasteiger partial charge is 0.252 e. The first-order valence-electron chi connectivity index (χ1n) is 4.39. The number of nitro groups is 1. The van der Waals surface area contributed by atoms with Crippen molar-refractivity contribution in [2.24, 2.45) is 0 Å². The highest BCUT2D eigenvalue weighted by atomic mass is 32.2. The van der Waals surface area contributed by atoms with Crippen molar-refractivity contribution in [3.05, 3.63) is 51.3 Å². The molecule has 0 fully saturated rings. The van der Waals surface area contributed by atoms with Gasteiger partial charge >= 0.3 is 0 Å². The Kier molecular flexibility index (Phi) is 4.30. The molecule has 0 bridgehead atoms. The molecule has 1 rings (SSSR count). The lowest BCUT2D eigenvalue weighted by Crippen LogP contribution is -1.95. The molecule has 15 heavy (non-hydrogen) atoms. The summed E-state index contributed by atoms with van der Waals surface area (Å²) >= 11 is 1.22. The molecular formula is C10H10FNO2S. The Morgan fingerprint density at radius 3 is 2.60 bits per heavy atom. The summed E-state index contributed by atoms with van der Waals surface area (Å²) in [6.07, 6.45) is 0.376. The lowest BCUT2D eigenvalue weighted by atomic mass is 10.4. The number of halogens is 1. The Morgan fingerprint density at radius 1 is 1.53 bits per heavy atom. The summed E-state index contributed by atoms with van der Waals surface area (Å²) in [6.45, 7) is 1.72. The molecule has 1 aromatic carbocycles. The summed E-state index contributed by atoms with van der Waals surface area (Å²) in [5.41, 5.74) is 0.157. The zero-order valence-corrected chi connectivity index (χ0v) is 8.96. The fourth-order valence-corrected chi connectivity index (χ4v) is 1.72. The maximum atomic E-state index is 12.5. The van der Waals surface area contributed by atoms with E-state index < -0.39 is 4.92 Å². The first-order valence-corrected chi connectivity index (χ1v) is 5.27. The van der Waals surface area contributed by atoms with E-state index in [-0.39, 0.29) is 11.5 Å². The maximum absolute atomic E-state index is 12.5. The van der Waals surface area contributed by atoms with Crippen molar-refractivity contribution in [3.8, 4) is 0 Å². The third-order valence-electron chi connectivity index (χ3n) is 1.74. The minimum Gasteiger partial charge on any atom is -0.259 e. The van der Waals surface area contributed by atoms with E-state index in [1.54, 1.807) is 19.1 Å². The van der Waals surface area contributed by atoms with E-state index in [1.807, 2.05) is 0 Å². The van der Waals surface area contributed by atoms with E-state index in [1.165, 1.54) is 29.3 Å². The number of thioether (sulfide) groups is 1. The number of hydrogen-bond acceptors (Lipinski definition) is 3. The lowest BCUT2D eigenvalue weighted by Gasteiger charge is -1.96. The summed E-state index contributed by atoms with van der Waals surface area (Å²) < 4.78 is 12.5. The molecule has 3 nitrogen and oxygen atoms in total. The molecule has 0 heterocycles. The van der Waals surface area contributed by atoms with Crippen LogP contribution in [0, 0.1) is 15.9 Å². The normalized spacial score (nSPS) is 11.5. The molecule has 0 radical (unpaired) electrons. The molecule has 0 aliphatic heterocycles. The van der Waals surface area contributed by atoms with Gasteiger partial charge in [0.25, 0.3) is 5.70 Å². The molecule has 0 amide bonds. The molecule has 0 aromatic heterocycles. The van der Waals surface area contributed by atoms with Gasteiger partial charge in [0.15, 0.2) is 0 Å². The summed E-state index contributed by atoms with van der Waals surface area (Å²) in [6, 6.07) is 5.83. The van der Waals surface area contributed by atoms with Crippen LogP contribution < -0.4 is 0 Å². The predicted octanol–water partition coefficient (Wildman–Crippen LogP) is 3.45. The molecule has 0 saturated carbocycles. The van der Waals surface area contributed by atoms with Gasteiger partial charge in [-0.3, -0.25) is 10.1 Å². The molecule has 5 heteroatoms. The van der Waals surface area contributed by atoms with Gasteiger partial charge in [0.1, 0.15) is 5.82 Å². The highest BCUT2D eigenvalue weighted by molar-refractivity contribution is 8.02. The summed E-state index contributed by atoms with van der Waals surface area (Å²) in [5, 5.41) is 11.9. The quantitative estimate of drug-likeness (QED) is 0.449. The third kappa shape index (κ3) is 3.71. The Hall–Kier alpha value is -1.36. The molecule has 0 saturated heterocycles. The molecule has 0 aliphatic carbocycles. The number of hydrogen-bond donors (Lipinski definition) is 0. The van der Waals surface area contributed by atoms with Gasteiger partial charge < -0.3 is 0 Å². The average molecular weight is 227 g/mol.